The van der Waals surface area contributed by atoms with E-state index in [1.165, 1.54) is 18.2 Å². The molecule has 0 spiro atoms. The Bertz CT molecular complexity index is 521. The molecule has 0 saturated heterocycles. The standard InChI is InChI=1S/C12H10BrNO4/c13-5-4-9(15)8-3-1-2-7(6-14)10(8)11(16)12(17)18/h1-3,11,16H,4-5H2,(H,17,18). The lowest BCUT2D eigenvalue weighted by atomic mass is 9.93. The summed E-state index contributed by atoms with van der Waals surface area (Å²) in [5.74, 6) is -1.81. The molecule has 0 aliphatic heterocycles. The van der Waals surface area contributed by atoms with Gasteiger partial charge in [0, 0.05) is 22.9 Å². The number of alkyl halides is 1. The number of hydrogen-bond donors (Lipinski definition) is 2. The summed E-state index contributed by atoms with van der Waals surface area (Å²) in [6.07, 6.45) is -1.72. The molecule has 2 N–H and O–H groups in total. The number of nitriles is 1. The lowest BCUT2D eigenvalue weighted by molar-refractivity contribution is -0.147. The monoisotopic (exact) mass is 311 g/mol. The first-order chi connectivity index (χ1) is 8.52. The summed E-state index contributed by atoms with van der Waals surface area (Å²) >= 11 is 3.11. The molecule has 0 fully saturated rings. The van der Waals surface area contributed by atoms with Gasteiger partial charge in [0.25, 0.3) is 0 Å². The number of carbonyl (C=O) groups excluding carboxylic acids is 1. The van der Waals surface area contributed by atoms with E-state index < -0.39 is 12.1 Å². The number of rotatable bonds is 5. The number of ketones is 1. The number of nitrogens with zero attached hydrogens (tertiary/aromatic N) is 1. The van der Waals surface area contributed by atoms with Gasteiger partial charge < -0.3 is 10.2 Å². The van der Waals surface area contributed by atoms with Gasteiger partial charge in [0.15, 0.2) is 11.9 Å². The van der Waals surface area contributed by atoms with Crippen molar-refractivity contribution in [1.82, 2.24) is 0 Å². The Hall–Kier alpha value is -1.71. The lowest BCUT2D eigenvalue weighted by Gasteiger charge is -2.12. The van der Waals surface area contributed by atoms with Gasteiger partial charge in [-0.2, -0.15) is 5.26 Å². The Labute approximate surface area is 112 Å². The fourth-order valence-electron chi connectivity index (χ4n) is 1.54. The number of carboxylic acid groups (broad SMARTS) is 1. The van der Waals surface area contributed by atoms with Gasteiger partial charge in [0.05, 0.1) is 11.6 Å². The second-order valence-corrected chi connectivity index (χ2v) is 4.27. The van der Waals surface area contributed by atoms with Crippen molar-refractivity contribution in [3.05, 3.63) is 34.9 Å². The second-order valence-electron chi connectivity index (χ2n) is 3.48. The smallest absolute Gasteiger partial charge is 0.337 e. The zero-order valence-electron chi connectivity index (χ0n) is 9.26. The van der Waals surface area contributed by atoms with Crippen LogP contribution in [0.1, 0.15) is 34.0 Å². The molecule has 0 radical (unpaired) electrons. The minimum absolute atomic E-state index is 0.00896. The molecule has 94 valence electrons. The number of carbonyl (C=O) groups is 2. The summed E-state index contributed by atoms with van der Waals surface area (Å²) in [6, 6.07) is 6.04. The highest BCUT2D eigenvalue weighted by molar-refractivity contribution is 9.09. The molecule has 0 saturated carbocycles. The summed E-state index contributed by atoms with van der Waals surface area (Å²) in [6.45, 7) is 0. The predicted octanol–water partition coefficient (Wildman–Crippen LogP) is 1.64. The molecule has 0 amide bonds. The van der Waals surface area contributed by atoms with Crippen molar-refractivity contribution in [2.24, 2.45) is 0 Å². The normalized spacial score (nSPS) is 11.6. The van der Waals surface area contributed by atoms with Gasteiger partial charge in [-0.25, -0.2) is 4.79 Å². The molecule has 6 heteroatoms. The van der Waals surface area contributed by atoms with E-state index >= 15 is 0 Å². The van der Waals surface area contributed by atoms with E-state index in [9.17, 15) is 14.7 Å². The van der Waals surface area contributed by atoms with Crippen molar-refractivity contribution in [3.8, 4) is 6.07 Å². The number of benzene rings is 1. The Morgan fingerprint density at radius 3 is 2.61 bits per heavy atom. The molecule has 1 aromatic carbocycles. The van der Waals surface area contributed by atoms with E-state index in [4.69, 9.17) is 10.4 Å². The maximum absolute atomic E-state index is 11.8. The molecule has 0 aliphatic carbocycles. The van der Waals surface area contributed by atoms with Crippen molar-refractivity contribution in [2.75, 3.05) is 5.33 Å². The summed E-state index contributed by atoms with van der Waals surface area (Å²) in [4.78, 5) is 22.6. The average Bonchev–Trinajstić information content (AvgIpc) is 2.37. The van der Waals surface area contributed by atoms with Gasteiger partial charge in [-0.1, -0.05) is 28.1 Å². The first-order valence-electron chi connectivity index (χ1n) is 5.06. The molecule has 18 heavy (non-hydrogen) atoms. The zero-order chi connectivity index (χ0) is 13.7. The Kier molecular flexibility index (Phi) is 5.01. The van der Waals surface area contributed by atoms with Crippen LogP contribution in [0.5, 0.6) is 0 Å². The third-order valence-electron chi connectivity index (χ3n) is 2.36. The van der Waals surface area contributed by atoms with Crippen LogP contribution in [0.4, 0.5) is 0 Å². The molecule has 0 aromatic heterocycles. The zero-order valence-corrected chi connectivity index (χ0v) is 10.8. The fraction of sp³-hybridized carbons (Fsp3) is 0.250. The van der Waals surface area contributed by atoms with Crippen LogP contribution in [-0.4, -0.2) is 27.3 Å². The van der Waals surface area contributed by atoms with Crippen LogP contribution in [0.15, 0.2) is 18.2 Å². The molecule has 0 bridgehead atoms. The van der Waals surface area contributed by atoms with Crippen molar-refractivity contribution in [1.29, 1.82) is 5.26 Å². The van der Waals surface area contributed by atoms with E-state index in [1.54, 1.807) is 6.07 Å². The summed E-state index contributed by atoms with van der Waals surface area (Å²) in [7, 11) is 0. The number of carboxylic acids is 1. The highest BCUT2D eigenvalue weighted by atomic mass is 79.9. The predicted molar refractivity (Wildman–Crippen MR) is 66.5 cm³/mol. The van der Waals surface area contributed by atoms with Crippen LogP contribution >= 0.6 is 15.9 Å². The first kappa shape index (κ1) is 14.4. The molecule has 0 heterocycles. The maximum atomic E-state index is 11.8. The van der Waals surface area contributed by atoms with Gasteiger partial charge in [-0.15, -0.1) is 0 Å². The molecule has 5 nitrogen and oxygen atoms in total. The van der Waals surface area contributed by atoms with Crippen LogP contribution < -0.4 is 0 Å². The third-order valence-corrected chi connectivity index (χ3v) is 2.75. The number of halogens is 1. The van der Waals surface area contributed by atoms with Crippen LogP contribution in [-0.2, 0) is 4.79 Å². The lowest BCUT2D eigenvalue weighted by Crippen LogP contribution is -2.17. The van der Waals surface area contributed by atoms with Gasteiger partial charge in [0.2, 0.25) is 0 Å². The molecule has 1 atom stereocenters. The van der Waals surface area contributed by atoms with Crippen molar-refractivity contribution < 1.29 is 19.8 Å². The summed E-state index contributed by atoms with van der Waals surface area (Å²) < 4.78 is 0. The van der Waals surface area contributed by atoms with Gasteiger partial charge in [-0.05, 0) is 6.07 Å². The molecule has 0 aliphatic rings. The van der Waals surface area contributed by atoms with Crippen LogP contribution in [0.2, 0.25) is 0 Å². The quantitative estimate of drug-likeness (QED) is 0.636. The molecular weight excluding hydrogens is 302 g/mol. The summed E-state index contributed by atoms with van der Waals surface area (Å²) in [5.41, 5.74) is -0.0767. The number of aliphatic carboxylic acids is 1. The number of aliphatic hydroxyl groups is 1. The largest absolute Gasteiger partial charge is 0.479 e. The molecule has 1 rings (SSSR count). The maximum Gasteiger partial charge on any atom is 0.337 e. The minimum atomic E-state index is -1.88. The van der Waals surface area contributed by atoms with Crippen LogP contribution in [0.3, 0.4) is 0 Å². The summed E-state index contributed by atoms with van der Waals surface area (Å²) in [5, 5.41) is 27.7. The van der Waals surface area contributed by atoms with E-state index in [-0.39, 0.29) is 28.9 Å². The SMILES string of the molecule is N#Cc1cccc(C(=O)CCBr)c1C(O)C(=O)O. The van der Waals surface area contributed by atoms with E-state index in [1.807, 2.05) is 0 Å². The Balaban J connectivity index is 3.39. The van der Waals surface area contributed by atoms with Gasteiger partial charge in [0.1, 0.15) is 0 Å². The van der Waals surface area contributed by atoms with E-state index in [0.29, 0.717) is 5.33 Å². The topological polar surface area (TPSA) is 98.4 Å². The minimum Gasteiger partial charge on any atom is -0.479 e. The molecule has 1 unspecified atom stereocenters. The van der Waals surface area contributed by atoms with Gasteiger partial charge in [-0.3, -0.25) is 4.79 Å². The number of aliphatic hydroxyl groups excluding tert-OH is 1. The number of hydrogen-bond acceptors (Lipinski definition) is 4. The van der Waals surface area contributed by atoms with Gasteiger partial charge >= 0.3 is 5.97 Å². The highest BCUT2D eigenvalue weighted by Crippen LogP contribution is 2.24. The van der Waals surface area contributed by atoms with Crippen molar-refractivity contribution in [2.45, 2.75) is 12.5 Å². The first-order valence-corrected chi connectivity index (χ1v) is 6.18. The Morgan fingerprint density at radius 1 is 1.44 bits per heavy atom. The molecular formula is C12H10BrNO4. The van der Waals surface area contributed by atoms with E-state index in [0.717, 1.165) is 0 Å². The average molecular weight is 312 g/mol. The van der Waals surface area contributed by atoms with Crippen molar-refractivity contribution >= 4 is 27.7 Å². The third kappa shape index (κ3) is 2.94. The van der Waals surface area contributed by atoms with Crippen molar-refractivity contribution in [3.63, 3.8) is 0 Å². The van der Waals surface area contributed by atoms with Crippen LogP contribution in [0.25, 0.3) is 0 Å². The number of Topliss-reactive ketones (excluding diaryl/α,β-unsaturated/α-hetero) is 1. The Morgan fingerprint density at radius 2 is 2.11 bits per heavy atom. The second kappa shape index (κ2) is 6.28. The van der Waals surface area contributed by atoms with Crippen LogP contribution in [0, 0.1) is 11.3 Å². The highest BCUT2D eigenvalue weighted by Gasteiger charge is 2.25. The molecule has 1 aromatic rings. The van der Waals surface area contributed by atoms with E-state index in [2.05, 4.69) is 15.9 Å². The fourth-order valence-corrected chi connectivity index (χ4v) is 1.90.